The highest BCUT2D eigenvalue weighted by atomic mass is 127. The lowest BCUT2D eigenvalue weighted by Gasteiger charge is -2.26. The second kappa shape index (κ2) is 14.9. The molecule has 6 nitrogen and oxygen atoms in total. The van der Waals surface area contributed by atoms with Gasteiger partial charge in [0.15, 0.2) is 5.96 Å². The van der Waals surface area contributed by atoms with Crippen molar-refractivity contribution in [3.63, 3.8) is 0 Å². The van der Waals surface area contributed by atoms with Crippen LogP contribution in [0.2, 0.25) is 0 Å². The van der Waals surface area contributed by atoms with E-state index in [0.717, 1.165) is 18.9 Å². The third-order valence-corrected chi connectivity index (χ3v) is 3.70. The second-order valence-corrected chi connectivity index (χ2v) is 7.17. The van der Waals surface area contributed by atoms with Crippen molar-refractivity contribution in [1.82, 2.24) is 15.5 Å². The van der Waals surface area contributed by atoms with Gasteiger partial charge < -0.3 is 20.3 Å². The molecule has 1 amide bonds. The molecule has 0 aromatic heterocycles. The first-order chi connectivity index (χ1) is 10.8. The summed E-state index contributed by atoms with van der Waals surface area (Å²) in [6.45, 7) is 10.3. The number of likely N-dealkylation sites (N-methyl/N-ethyl adjacent to an activating group) is 1. The lowest BCUT2D eigenvalue weighted by atomic mass is 10.2. The van der Waals surface area contributed by atoms with Gasteiger partial charge in [-0.05, 0) is 52.5 Å². The summed E-state index contributed by atoms with van der Waals surface area (Å²) in [6, 6.07) is 0. The molecule has 0 fully saturated rings. The van der Waals surface area contributed by atoms with Crippen molar-refractivity contribution in [2.45, 2.75) is 46.1 Å². The van der Waals surface area contributed by atoms with Gasteiger partial charge in [0, 0.05) is 33.2 Å². The molecule has 0 spiro atoms. The smallest absolute Gasteiger partial charge is 0.410 e. The number of amides is 1. The van der Waals surface area contributed by atoms with Crippen molar-refractivity contribution < 1.29 is 9.53 Å². The number of aliphatic imine (C=N–C) groups is 1. The molecule has 0 radical (unpaired) electrons. The van der Waals surface area contributed by atoms with Gasteiger partial charge in [-0.3, -0.25) is 4.99 Å². The Morgan fingerprint density at radius 3 is 2.33 bits per heavy atom. The average molecular weight is 474 g/mol. The van der Waals surface area contributed by atoms with Crippen molar-refractivity contribution in [2.24, 2.45) is 4.99 Å². The second-order valence-electron chi connectivity index (χ2n) is 6.19. The van der Waals surface area contributed by atoms with Crippen LogP contribution in [0.3, 0.4) is 0 Å². The van der Waals surface area contributed by atoms with Gasteiger partial charge in [-0.1, -0.05) is 0 Å². The number of thioether (sulfide) groups is 1. The molecule has 8 heteroatoms. The molecule has 0 aliphatic heterocycles. The summed E-state index contributed by atoms with van der Waals surface area (Å²) in [5.74, 6) is 1.96. The summed E-state index contributed by atoms with van der Waals surface area (Å²) >= 11 is 1.87. The number of nitrogens with one attached hydrogen (secondary N) is 2. The van der Waals surface area contributed by atoms with Gasteiger partial charge in [-0.15, -0.1) is 24.0 Å². The number of unbranched alkanes of at least 4 members (excludes halogenated alkanes) is 1. The zero-order chi connectivity index (χ0) is 17.7. The Labute approximate surface area is 169 Å². The van der Waals surface area contributed by atoms with Gasteiger partial charge in [0.25, 0.3) is 0 Å². The molecule has 0 aliphatic carbocycles. The van der Waals surface area contributed by atoms with Crippen molar-refractivity contribution >= 4 is 47.8 Å². The van der Waals surface area contributed by atoms with Crippen LogP contribution < -0.4 is 10.6 Å². The lowest BCUT2D eigenvalue weighted by Crippen LogP contribution is -2.44. The fourth-order valence-corrected chi connectivity index (χ4v) is 2.31. The quantitative estimate of drug-likeness (QED) is 0.233. The van der Waals surface area contributed by atoms with Gasteiger partial charge in [-0.25, -0.2) is 4.79 Å². The molecule has 0 atom stereocenters. The van der Waals surface area contributed by atoms with Crippen LogP contribution >= 0.6 is 35.7 Å². The van der Waals surface area contributed by atoms with E-state index in [9.17, 15) is 4.79 Å². The molecule has 0 aromatic rings. The van der Waals surface area contributed by atoms with E-state index in [1.54, 1.807) is 11.9 Å². The van der Waals surface area contributed by atoms with E-state index in [-0.39, 0.29) is 30.1 Å². The molecule has 0 unspecified atom stereocenters. The van der Waals surface area contributed by atoms with Gasteiger partial charge in [0.05, 0.1) is 0 Å². The van der Waals surface area contributed by atoms with Crippen molar-refractivity contribution in [2.75, 3.05) is 45.2 Å². The summed E-state index contributed by atoms with van der Waals surface area (Å²) in [5, 5.41) is 6.51. The molecule has 0 aromatic carbocycles. The maximum absolute atomic E-state index is 12.0. The predicted octanol–water partition coefficient (Wildman–Crippen LogP) is 3.17. The first kappa shape index (κ1) is 25.9. The molecule has 0 bridgehead atoms. The van der Waals surface area contributed by atoms with E-state index < -0.39 is 5.60 Å². The number of guanidine groups is 1. The van der Waals surface area contributed by atoms with Crippen molar-refractivity contribution in [1.29, 1.82) is 0 Å². The number of carbonyl (C=O) groups is 1. The fourth-order valence-electron chi connectivity index (χ4n) is 1.81. The standard InChI is InChI=1S/C16H34N4O2S.HI/c1-7-20(15(21)22-16(2,3)4)12-11-19-14(17-5)18-10-8-9-13-23-6;/h7-13H2,1-6H3,(H2,17,18,19);1H. The fraction of sp³-hybridized carbons (Fsp3) is 0.875. The normalized spacial score (nSPS) is 11.5. The molecular formula is C16H35IN4O2S. The topological polar surface area (TPSA) is 66.0 Å². The highest BCUT2D eigenvalue weighted by Gasteiger charge is 2.20. The molecule has 0 saturated heterocycles. The van der Waals surface area contributed by atoms with Crippen LogP contribution in [0.15, 0.2) is 4.99 Å². The Hall–Kier alpha value is -0.380. The van der Waals surface area contributed by atoms with E-state index in [4.69, 9.17) is 4.74 Å². The van der Waals surface area contributed by atoms with Crippen LogP contribution in [0.1, 0.15) is 40.5 Å². The number of hydrogen-bond donors (Lipinski definition) is 2. The summed E-state index contributed by atoms with van der Waals surface area (Å²) in [7, 11) is 1.75. The summed E-state index contributed by atoms with van der Waals surface area (Å²) in [5.41, 5.74) is -0.466. The Morgan fingerprint density at radius 2 is 1.83 bits per heavy atom. The van der Waals surface area contributed by atoms with Crippen LogP contribution in [-0.2, 0) is 4.74 Å². The summed E-state index contributed by atoms with van der Waals surface area (Å²) < 4.78 is 5.39. The molecule has 2 N–H and O–H groups in total. The molecule has 144 valence electrons. The first-order valence-electron chi connectivity index (χ1n) is 8.25. The number of nitrogens with zero attached hydrogens (tertiary/aromatic N) is 2. The van der Waals surface area contributed by atoms with Gasteiger partial charge >= 0.3 is 6.09 Å². The Kier molecular flexibility index (Phi) is 16.1. The zero-order valence-corrected chi connectivity index (χ0v) is 19.1. The van der Waals surface area contributed by atoms with Crippen LogP contribution in [0.5, 0.6) is 0 Å². The third-order valence-electron chi connectivity index (χ3n) is 3.00. The monoisotopic (exact) mass is 474 g/mol. The van der Waals surface area contributed by atoms with Gasteiger partial charge in [0.2, 0.25) is 0 Å². The van der Waals surface area contributed by atoms with E-state index in [1.165, 1.54) is 12.2 Å². The van der Waals surface area contributed by atoms with Crippen LogP contribution in [0.25, 0.3) is 0 Å². The highest BCUT2D eigenvalue weighted by Crippen LogP contribution is 2.09. The number of halogens is 1. The van der Waals surface area contributed by atoms with E-state index in [2.05, 4.69) is 21.9 Å². The first-order valence-corrected chi connectivity index (χ1v) is 9.64. The molecular weight excluding hydrogens is 439 g/mol. The average Bonchev–Trinajstić information content (AvgIpc) is 2.47. The third kappa shape index (κ3) is 14.0. The Bertz CT molecular complexity index is 362. The minimum Gasteiger partial charge on any atom is -0.444 e. The maximum Gasteiger partial charge on any atom is 0.410 e. The maximum atomic E-state index is 12.0. The van der Waals surface area contributed by atoms with Crippen LogP contribution in [0.4, 0.5) is 4.79 Å². The molecule has 0 saturated carbocycles. The van der Waals surface area contributed by atoms with E-state index in [0.29, 0.717) is 19.6 Å². The highest BCUT2D eigenvalue weighted by molar-refractivity contribution is 14.0. The minimum atomic E-state index is -0.466. The molecule has 0 heterocycles. The molecule has 0 rings (SSSR count). The SMILES string of the molecule is CCN(CCNC(=NC)NCCCCSC)C(=O)OC(C)(C)C.I. The Balaban J connectivity index is 0. The van der Waals surface area contributed by atoms with Crippen LogP contribution in [-0.4, -0.2) is 67.8 Å². The number of hydrogen-bond acceptors (Lipinski definition) is 4. The predicted molar refractivity (Wildman–Crippen MR) is 116 cm³/mol. The number of ether oxygens (including phenoxy) is 1. The Morgan fingerprint density at radius 1 is 1.21 bits per heavy atom. The summed E-state index contributed by atoms with van der Waals surface area (Å²) in [6.07, 6.45) is 4.17. The van der Waals surface area contributed by atoms with Crippen molar-refractivity contribution in [3.8, 4) is 0 Å². The molecule has 24 heavy (non-hydrogen) atoms. The largest absolute Gasteiger partial charge is 0.444 e. The van der Waals surface area contributed by atoms with Gasteiger partial charge in [0.1, 0.15) is 5.60 Å². The van der Waals surface area contributed by atoms with Crippen LogP contribution in [0, 0.1) is 0 Å². The minimum absolute atomic E-state index is 0. The number of rotatable bonds is 9. The summed E-state index contributed by atoms with van der Waals surface area (Å²) in [4.78, 5) is 17.9. The lowest BCUT2D eigenvalue weighted by molar-refractivity contribution is 0.0264. The zero-order valence-electron chi connectivity index (χ0n) is 16.0. The van der Waals surface area contributed by atoms with E-state index >= 15 is 0 Å². The van der Waals surface area contributed by atoms with E-state index in [1.807, 2.05) is 39.5 Å². The number of carbonyl (C=O) groups excluding carboxylic acids is 1. The van der Waals surface area contributed by atoms with Crippen molar-refractivity contribution in [3.05, 3.63) is 0 Å². The molecule has 0 aliphatic rings. The van der Waals surface area contributed by atoms with Gasteiger partial charge in [-0.2, -0.15) is 11.8 Å².